The van der Waals surface area contributed by atoms with Gasteiger partial charge < -0.3 is 25.6 Å². The third-order valence-electron chi connectivity index (χ3n) is 7.53. The van der Waals surface area contributed by atoms with Crippen LogP contribution in [0, 0.1) is 29.1 Å². The minimum Gasteiger partial charge on any atom is -0.391 e. The van der Waals surface area contributed by atoms with Crippen LogP contribution < -0.4 is 11.1 Å². The summed E-state index contributed by atoms with van der Waals surface area (Å²) in [5, 5.41) is 13.8. The molecular formula is C29H53FN2O4. The lowest BCUT2D eigenvalue weighted by Gasteiger charge is -2.36. The Morgan fingerprint density at radius 1 is 1.25 bits per heavy atom. The molecule has 6 nitrogen and oxygen atoms in total. The van der Waals surface area contributed by atoms with Crippen molar-refractivity contribution in [3.8, 4) is 0 Å². The Labute approximate surface area is 219 Å². The lowest BCUT2D eigenvalue weighted by Crippen LogP contribution is -2.46. The zero-order valence-corrected chi connectivity index (χ0v) is 23.4. The highest BCUT2D eigenvalue weighted by Gasteiger charge is 2.37. The van der Waals surface area contributed by atoms with Crippen molar-refractivity contribution >= 4 is 5.78 Å². The maximum absolute atomic E-state index is 13.6. The summed E-state index contributed by atoms with van der Waals surface area (Å²) in [7, 11) is 0. The second-order valence-corrected chi connectivity index (χ2v) is 10.9. The second-order valence-electron chi connectivity index (χ2n) is 10.9. The van der Waals surface area contributed by atoms with Crippen LogP contribution in [-0.2, 0) is 14.3 Å². The van der Waals surface area contributed by atoms with Crippen LogP contribution in [0.25, 0.3) is 0 Å². The highest BCUT2D eigenvalue weighted by molar-refractivity contribution is 5.86. The van der Waals surface area contributed by atoms with Crippen LogP contribution in [0.3, 0.4) is 0 Å². The quantitative estimate of drug-likeness (QED) is 0.228. The van der Waals surface area contributed by atoms with Crippen LogP contribution >= 0.6 is 0 Å². The first-order valence-corrected chi connectivity index (χ1v) is 13.9. The molecule has 0 aromatic carbocycles. The highest BCUT2D eigenvalue weighted by atomic mass is 19.1. The van der Waals surface area contributed by atoms with E-state index in [0.29, 0.717) is 45.1 Å². The Morgan fingerprint density at radius 3 is 2.61 bits per heavy atom. The molecule has 7 atom stereocenters. The smallest absolute Gasteiger partial charge is 0.188 e. The van der Waals surface area contributed by atoms with Gasteiger partial charge in [-0.1, -0.05) is 58.4 Å². The lowest BCUT2D eigenvalue weighted by atomic mass is 9.69. The number of carbonyl (C=O) groups is 1. The number of rotatable bonds is 18. The fourth-order valence-electron chi connectivity index (χ4n) is 5.41. The van der Waals surface area contributed by atoms with Gasteiger partial charge in [0, 0.05) is 24.7 Å². The monoisotopic (exact) mass is 512 g/mol. The first-order valence-electron chi connectivity index (χ1n) is 13.9. The third-order valence-corrected chi connectivity index (χ3v) is 7.53. The number of nitrogens with one attached hydrogen (secondary N) is 1. The zero-order chi connectivity index (χ0) is 27.0. The normalized spacial score (nSPS) is 24.3. The van der Waals surface area contributed by atoms with E-state index < -0.39 is 18.4 Å². The molecule has 4 N–H and O–H groups in total. The molecule has 0 amide bonds. The van der Waals surface area contributed by atoms with Gasteiger partial charge in [-0.3, -0.25) is 4.79 Å². The number of hydrogen-bond acceptors (Lipinski definition) is 6. The van der Waals surface area contributed by atoms with Crippen molar-refractivity contribution in [3.05, 3.63) is 24.3 Å². The Morgan fingerprint density at radius 2 is 1.97 bits per heavy atom. The van der Waals surface area contributed by atoms with Gasteiger partial charge >= 0.3 is 0 Å². The van der Waals surface area contributed by atoms with E-state index >= 15 is 0 Å². The maximum Gasteiger partial charge on any atom is 0.188 e. The van der Waals surface area contributed by atoms with Gasteiger partial charge in [0.25, 0.3) is 0 Å². The molecule has 1 saturated heterocycles. The van der Waals surface area contributed by atoms with E-state index in [1.165, 1.54) is 0 Å². The molecule has 0 aliphatic carbocycles. The summed E-state index contributed by atoms with van der Waals surface area (Å²) in [5.41, 5.74) is 5.78. The van der Waals surface area contributed by atoms with Crippen molar-refractivity contribution in [1.29, 1.82) is 0 Å². The van der Waals surface area contributed by atoms with Gasteiger partial charge in [-0.2, -0.15) is 0 Å². The number of ether oxygens (including phenoxy) is 2. The number of aliphatic hydroxyl groups is 1. The summed E-state index contributed by atoms with van der Waals surface area (Å²) in [6.45, 7) is 11.9. The van der Waals surface area contributed by atoms with E-state index in [1.807, 2.05) is 13.8 Å². The van der Waals surface area contributed by atoms with Crippen molar-refractivity contribution in [2.45, 2.75) is 85.3 Å². The van der Waals surface area contributed by atoms with E-state index in [4.69, 9.17) is 15.2 Å². The molecule has 7 heteroatoms. The number of carbonyl (C=O) groups excluding carboxylic acids is 1. The molecule has 0 aromatic rings. The number of ketones is 1. The number of nitrogens with two attached hydrogens (primary N) is 1. The average Bonchev–Trinajstić information content (AvgIpc) is 3.05. The minimum absolute atomic E-state index is 0.0891. The molecule has 0 saturated carbocycles. The summed E-state index contributed by atoms with van der Waals surface area (Å²) in [5.74, 6) is 0.989. The first-order chi connectivity index (χ1) is 17.2. The predicted molar refractivity (Wildman–Crippen MR) is 145 cm³/mol. The molecule has 210 valence electrons. The van der Waals surface area contributed by atoms with Crippen LogP contribution in [0.2, 0.25) is 0 Å². The van der Waals surface area contributed by atoms with E-state index in [1.54, 1.807) is 0 Å². The fraction of sp³-hybridized carbons (Fsp3) is 0.828. The van der Waals surface area contributed by atoms with E-state index in [0.717, 1.165) is 25.7 Å². The topological polar surface area (TPSA) is 93.8 Å². The summed E-state index contributed by atoms with van der Waals surface area (Å²) >= 11 is 0. The predicted octanol–water partition coefficient (Wildman–Crippen LogP) is 4.81. The van der Waals surface area contributed by atoms with Crippen LogP contribution in [0.5, 0.6) is 0 Å². The van der Waals surface area contributed by atoms with Gasteiger partial charge in [0.15, 0.2) is 12.6 Å². The molecule has 0 radical (unpaired) electrons. The molecule has 2 unspecified atom stereocenters. The zero-order valence-electron chi connectivity index (χ0n) is 23.4. The SMILES string of the molecule is C/C=C\[C@@H](C)C[C@H](CC(C)(CCC)C(=O)CN[C@@H]1CCOCC[C@@H]1O)C(/C=C/[C@@H](C)COCF)CN. The molecular weight excluding hydrogens is 459 g/mol. The molecule has 0 spiro atoms. The fourth-order valence-corrected chi connectivity index (χ4v) is 5.41. The van der Waals surface area contributed by atoms with Crippen LogP contribution in [0.4, 0.5) is 4.39 Å². The van der Waals surface area contributed by atoms with Crippen molar-refractivity contribution < 1.29 is 23.8 Å². The Bertz CT molecular complexity index is 659. The Hall–Kier alpha value is -1.12. The van der Waals surface area contributed by atoms with Gasteiger partial charge in [-0.15, -0.1) is 0 Å². The van der Waals surface area contributed by atoms with Crippen molar-refractivity contribution in [1.82, 2.24) is 5.32 Å². The molecule has 0 bridgehead atoms. The third kappa shape index (κ3) is 12.0. The molecule has 1 rings (SSSR count). The summed E-state index contributed by atoms with van der Waals surface area (Å²) in [4.78, 5) is 13.6. The van der Waals surface area contributed by atoms with E-state index in [2.05, 4.69) is 50.4 Å². The second kappa shape index (κ2) is 18.2. The van der Waals surface area contributed by atoms with Crippen LogP contribution in [-0.4, -0.2) is 62.8 Å². The molecule has 1 fully saturated rings. The average molecular weight is 513 g/mol. The number of hydrogen-bond donors (Lipinski definition) is 3. The summed E-state index contributed by atoms with van der Waals surface area (Å²) in [6, 6.07) is -0.124. The van der Waals surface area contributed by atoms with Crippen molar-refractivity contribution in [3.63, 3.8) is 0 Å². The number of allylic oxidation sites excluding steroid dienone is 2. The standard InChI is InChI=1S/C29H53FN2O4/c1-6-8-22(3)16-25(24(18-31)10-9-23(4)20-36-21-30)17-29(5,13-7-2)28(34)19-32-26-11-14-35-15-12-27(26)33/h6,8-10,22-27,32-33H,7,11-21,31H2,1-5H3/b8-6-,10-9+/t22-,23-,24?,25-,26-,27+,29?/m1/s1. The van der Waals surface area contributed by atoms with Gasteiger partial charge in [0.1, 0.15) is 0 Å². The van der Waals surface area contributed by atoms with Crippen LogP contribution in [0.15, 0.2) is 24.3 Å². The molecule has 1 aliphatic rings. The van der Waals surface area contributed by atoms with Crippen molar-refractivity contribution in [2.75, 3.05) is 39.8 Å². The molecule has 1 heterocycles. The molecule has 36 heavy (non-hydrogen) atoms. The van der Waals surface area contributed by atoms with Gasteiger partial charge in [0.05, 0.1) is 19.3 Å². The minimum atomic E-state index is -0.779. The highest BCUT2D eigenvalue weighted by Crippen LogP contribution is 2.38. The largest absolute Gasteiger partial charge is 0.391 e. The molecule has 0 aromatic heterocycles. The van der Waals surface area contributed by atoms with Crippen LogP contribution in [0.1, 0.15) is 73.1 Å². The lowest BCUT2D eigenvalue weighted by molar-refractivity contribution is -0.129. The maximum atomic E-state index is 13.6. The summed E-state index contributed by atoms with van der Waals surface area (Å²) in [6.07, 6.45) is 12.7. The molecule has 1 aliphatic heterocycles. The first kappa shape index (κ1) is 32.9. The van der Waals surface area contributed by atoms with E-state index in [9.17, 15) is 14.3 Å². The summed E-state index contributed by atoms with van der Waals surface area (Å²) < 4.78 is 22.8. The van der Waals surface area contributed by atoms with Gasteiger partial charge in [-0.25, -0.2) is 4.39 Å². The number of Topliss-reactive ketones (excluding diaryl/α,β-unsaturated/α-hetero) is 1. The van der Waals surface area contributed by atoms with Crippen molar-refractivity contribution in [2.24, 2.45) is 34.8 Å². The van der Waals surface area contributed by atoms with Gasteiger partial charge in [0.2, 0.25) is 0 Å². The van der Waals surface area contributed by atoms with E-state index in [-0.39, 0.29) is 36.1 Å². The van der Waals surface area contributed by atoms with Gasteiger partial charge in [-0.05, 0) is 69.2 Å². The number of aliphatic hydroxyl groups excluding tert-OH is 1. The Balaban J connectivity index is 3.04. The number of halogens is 1. The number of alkyl halides is 1. The Kier molecular flexibility index (Phi) is 16.6.